The maximum atomic E-state index is 4.86. The molecule has 0 spiro atoms. The SMILES string of the molecule is CON=CC1=COCO1. The van der Waals surface area contributed by atoms with E-state index in [-0.39, 0.29) is 6.79 Å². The second-order valence-electron chi connectivity index (χ2n) is 1.37. The fourth-order valence-electron chi connectivity index (χ4n) is 0.425. The lowest BCUT2D eigenvalue weighted by Gasteiger charge is -1.89. The molecule has 0 aromatic rings. The number of ether oxygens (including phenoxy) is 2. The molecule has 50 valence electrons. The molecule has 0 atom stereocenters. The highest BCUT2D eigenvalue weighted by Crippen LogP contribution is 2.02. The van der Waals surface area contributed by atoms with Crippen LogP contribution in [0.25, 0.3) is 0 Å². The summed E-state index contributed by atoms with van der Waals surface area (Å²) < 4.78 is 9.59. The maximum absolute atomic E-state index is 4.86. The van der Waals surface area contributed by atoms with Gasteiger partial charge in [-0.2, -0.15) is 0 Å². The first-order valence-corrected chi connectivity index (χ1v) is 2.44. The Kier molecular flexibility index (Phi) is 1.95. The minimum atomic E-state index is 0.269. The summed E-state index contributed by atoms with van der Waals surface area (Å²) in [7, 11) is 1.47. The molecule has 0 saturated heterocycles. The number of nitrogens with zero attached hydrogens (tertiary/aromatic N) is 1. The second kappa shape index (κ2) is 2.96. The van der Waals surface area contributed by atoms with Crippen molar-refractivity contribution in [3.63, 3.8) is 0 Å². The molecule has 0 bridgehead atoms. The summed E-state index contributed by atoms with van der Waals surface area (Å²) in [5, 5.41) is 3.46. The molecule has 1 aliphatic heterocycles. The van der Waals surface area contributed by atoms with Crippen molar-refractivity contribution in [3.8, 4) is 0 Å². The first-order chi connectivity index (χ1) is 4.43. The van der Waals surface area contributed by atoms with Crippen LogP contribution in [0.4, 0.5) is 0 Å². The largest absolute Gasteiger partial charge is 0.461 e. The van der Waals surface area contributed by atoms with E-state index in [0.717, 1.165) is 0 Å². The summed E-state index contributed by atoms with van der Waals surface area (Å²) in [5.41, 5.74) is 0. The number of allylic oxidation sites excluding steroid dienone is 1. The zero-order valence-electron chi connectivity index (χ0n) is 5.03. The van der Waals surface area contributed by atoms with Crippen molar-refractivity contribution in [3.05, 3.63) is 12.0 Å². The molecule has 1 aliphatic rings. The van der Waals surface area contributed by atoms with Crippen LogP contribution in [0.2, 0.25) is 0 Å². The number of oxime groups is 1. The van der Waals surface area contributed by atoms with Gasteiger partial charge in [0.05, 0.1) is 0 Å². The second-order valence-corrected chi connectivity index (χ2v) is 1.37. The third-order valence-electron chi connectivity index (χ3n) is 0.778. The minimum absolute atomic E-state index is 0.269. The predicted molar refractivity (Wildman–Crippen MR) is 30.6 cm³/mol. The van der Waals surface area contributed by atoms with Crippen molar-refractivity contribution in [2.75, 3.05) is 13.9 Å². The lowest BCUT2D eigenvalue weighted by Crippen LogP contribution is -1.86. The van der Waals surface area contributed by atoms with Crippen molar-refractivity contribution in [1.29, 1.82) is 0 Å². The predicted octanol–water partition coefficient (Wildman–Crippen LogP) is 0.464. The van der Waals surface area contributed by atoms with Crippen molar-refractivity contribution in [2.24, 2.45) is 5.16 Å². The summed E-state index contributed by atoms with van der Waals surface area (Å²) >= 11 is 0. The molecule has 4 heteroatoms. The lowest BCUT2D eigenvalue weighted by molar-refractivity contribution is 0.0864. The molecule has 9 heavy (non-hydrogen) atoms. The van der Waals surface area contributed by atoms with Gasteiger partial charge >= 0.3 is 0 Å². The molecule has 0 aromatic carbocycles. The van der Waals surface area contributed by atoms with Gasteiger partial charge in [-0.15, -0.1) is 0 Å². The van der Waals surface area contributed by atoms with Crippen LogP contribution in [0.3, 0.4) is 0 Å². The summed E-state index contributed by atoms with van der Waals surface area (Å²) in [6, 6.07) is 0. The van der Waals surface area contributed by atoms with Gasteiger partial charge in [0.25, 0.3) is 0 Å². The van der Waals surface area contributed by atoms with Gasteiger partial charge in [0.15, 0.2) is 5.76 Å². The fraction of sp³-hybridized carbons (Fsp3) is 0.400. The average Bonchev–Trinajstić information content (AvgIpc) is 2.34. The molecule has 1 heterocycles. The van der Waals surface area contributed by atoms with Gasteiger partial charge in [0.2, 0.25) is 6.79 Å². The highest BCUT2D eigenvalue weighted by molar-refractivity contribution is 5.75. The Labute approximate surface area is 52.7 Å². The fourth-order valence-corrected chi connectivity index (χ4v) is 0.425. The van der Waals surface area contributed by atoms with Crippen LogP contribution < -0.4 is 0 Å². The van der Waals surface area contributed by atoms with E-state index in [4.69, 9.17) is 9.47 Å². The number of hydrogen-bond acceptors (Lipinski definition) is 4. The van der Waals surface area contributed by atoms with Crippen LogP contribution in [-0.2, 0) is 14.3 Å². The third-order valence-corrected chi connectivity index (χ3v) is 0.778. The summed E-state index contributed by atoms with van der Waals surface area (Å²) in [5.74, 6) is 0.580. The van der Waals surface area contributed by atoms with E-state index < -0.39 is 0 Å². The van der Waals surface area contributed by atoms with Gasteiger partial charge in [-0.3, -0.25) is 0 Å². The Morgan fingerprint density at radius 2 is 2.78 bits per heavy atom. The van der Waals surface area contributed by atoms with E-state index in [1.807, 2.05) is 0 Å². The van der Waals surface area contributed by atoms with E-state index in [0.29, 0.717) is 5.76 Å². The van der Waals surface area contributed by atoms with Crippen LogP contribution in [0, 0.1) is 0 Å². The minimum Gasteiger partial charge on any atom is -0.461 e. The van der Waals surface area contributed by atoms with Gasteiger partial charge in [-0.25, -0.2) is 0 Å². The van der Waals surface area contributed by atoms with Crippen LogP contribution in [0.15, 0.2) is 17.2 Å². The van der Waals surface area contributed by atoms with Crippen LogP contribution in [-0.4, -0.2) is 20.1 Å². The Hall–Kier alpha value is -1.19. The molecule has 0 fully saturated rings. The quantitative estimate of drug-likeness (QED) is 0.401. The van der Waals surface area contributed by atoms with E-state index in [2.05, 4.69) is 9.99 Å². The Morgan fingerprint density at radius 1 is 1.89 bits per heavy atom. The van der Waals surface area contributed by atoms with Crippen molar-refractivity contribution < 1.29 is 14.3 Å². The van der Waals surface area contributed by atoms with E-state index in [9.17, 15) is 0 Å². The highest BCUT2D eigenvalue weighted by Gasteiger charge is 2.00. The van der Waals surface area contributed by atoms with Crippen molar-refractivity contribution in [1.82, 2.24) is 0 Å². The Balaban J connectivity index is 2.34. The first kappa shape index (κ1) is 5.94. The molecule has 0 aliphatic carbocycles. The number of rotatable bonds is 2. The number of hydrogen-bond donors (Lipinski definition) is 0. The summed E-state index contributed by atoms with van der Waals surface area (Å²) in [6.45, 7) is 0.269. The van der Waals surface area contributed by atoms with E-state index in [1.165, 1.54) is 19.6 Å². The molecule has 4 nitrogen and oxygen atoms in total. The molecule has 0 amide bonds. The molecule has 0 radical (unpaired) electrons. The van der Waals surface area contributed by atoms with Crippen molar-refractivity contribution in [2.45, 2.75) is 0 Å². The molecule has 0 unspecified atom stereocenters. The standard InChI is InChI=1S/C5H7NO3/c1-7-6-2-5-3-8-4-9-5/h2-3H,4H2,1H3. The van der Waals surface area contributed by atoms with Crippen LogP contribution >= 0.6 is 0 Å². The molecule has 0 aromatic heterocycles. The normalized spacial score (nSPS) is 16.8. The van der Waals surface area contributed by atoms with Gasteiger partial charge in [0, 0.05) is 0 Å². The zero-order valence-corrected chi connectivity index (χ0v) is 5.03. The summed E-state index contributed by atoms with van der Waals surface area (Å²) in [6.07, 6.45) is 2.91. The van der Waals surface area contributed by atoms with Gasteiger partial charge in [0.1, 0.15) is 19.6 Å². The van der Waals surface area contributed by atoms with E-state index >= 15 is 0 Å². The van der Waals surface area contributed by atoms with Gasteiger partial charge in [-0.05, 0) is 0 Å². The van der Waals surface area contributed by atoms with Crippen LogP contribution in [0.5, 0.6) is 0 Å². The molecule has 1 rings (SSSR count). The van der Waals surface area contributed by atoms with E-state index in [1.54, 1.807) is 0 Å². The molecule has 0 saturated carbocycles. The topological polar surface area (TPSA) is 40.0 Å². The average molecular weight is 129 g/mol. The Morgan fingerprint density at radius 3 is 3.33 bits per heavy atom. The van der Waals surface area contributed by atoms with Crippen LogP contribution in [0.1, 0.15) is 0 Å². The lowest BCUT2D eigenvalue weighted by atomic mass is 10.6. The monoisotopic (exact) mass is 129 g/mol. The first-order valence-electron chi connectivity index (χ1n) is 2.44. The highest BCUT2D eigenvalue weighted by atomic mass is 16.7. The van der Waals surface area contributed by atoms with Crippen molar-refractivity contribution >= 4 is 6.21 Å². The molecular weight excluding hydrogens is 122 g/mol. The maximum Gasteiger partial charge on any atom is 0.230 e. The molecule has 0 N–H and O–H groups in total. The van der Waals surface area contributed by atoms with Gasteiger partial charge in [-0.1, -0.05) is 5.16 Å². The zero-order chi connectivity index (χ0) is 6.53. The van der Waals surface area contributed by atoms with Gasteiger partial charge < -0.3 is 14.3 Å². The Bertz CT molecular complexity index is 141. The molecular formula is C5H7NO3. The summed E-state index contributed by atoms with van der Waals surface area (Å²) in [4.78, 5) is 4.40. The third kappa shape index (κ3) is 1.64. The smallest absolute Gasteiger partial charge is 0.230 e.